The van der Waals surface area contributed by atoms with Crippen molar-refractivity contribution in [3.05, 3.63) is 0 Å². The van der Waals surface area contributed by atoms with Crippen molar-refractivity contribution in [2.75, 3.05) is 6.61 Å². The zero-order chi connectivity index (χ0) is 8.16. The molecule has 1 heterocycles. The van der Waals surface area contributed by atoms with E-state index in [-0.39, 0.29) is 14.9 Å². The Balaban J connectivity index is 2.25. The Labute approximate surface area is 71.3 Å². The van der Waals surface area contributed by atoms with Crippen molar-refractivity contribution in [2.24, 2.45) is 5.73 Å². The number of ether oxygens (including phenoxy) is 1. The van der Waals surface area contributed by atoms with Crippen molar-refractivity contribution in [1.82, 2.24) is 0 Å². The van der Waals surface area contributed by atoms with Crippen LogP contribution in [0.4, 0.5) is 0 Å². The molecular formula is C8H19NOSi. The van der Waals surface area contributed by atoms with Crippen molar-refractivity contribution >= 4 is 9.52 Å². The minimum Gasteiger partial charge on any atom is -0.365 e. The molecule has 0 spiro atoms. The standard InChI is InChI=1S/C8H19NOSi/c1-2-7-11-8(9)5-3-4-6-10-8/h2-7,9,11H2,1H3. The van der Waals surface area contributed by atoms with Crippen LogP contribution in [-0.4, -0.2) is 21.5 Å². The zero-order valence-corrected chi connectivity index (χ0v) is 8.85. The third kappa shape index (κ3) is 2.93. The molecule has 0 amide bonds. The first kappa shape index (κ1) is 9.23. The summed E-state index contributed by atoms with van der Waals surface area (Å²) < 4.78 is 5.61. The number of hydrogen-bond acceptors (Lipinski definition) is 2. The smallest absolute Gasteiger partial charge is 0.0957 e. The minimum atomic E-state index is -0.175. The fourth-order valence-corrected chi connectivity index (χ4v) is 3.29. The van der Waals surface area contributed by atoms with Gasteiger partial charge in [0.05, 0.1) is 14.9 Å². The second-order valence-corrected chi connectivity index (χ2v) is 5.88. The molecule has 1 unspecified atom stereocenters. The van der Waals surface area contributed by atoms with Gasteiger partial charge in [0.2, 0.25) is 0 Å². The van der Waals surface area contributed by atoms with Gasteiger partial charge in [0.25, 0.3) is 0 Å². The van der Waals surface area contributed by atoms with Gasteiger partial charge in [0.1, 0.15) is 0 Å². The summed E-state index contributed by atoms with van der Waals surface area (Å²) in [5, 5.41) is -0.131. The lowest BCUT2D eigenvalue weighted by molar-refractivity contribution is -0.0158. The fourth-order valence-electron chi connectivity index (χ4n) is 1.55. The lowest BCUT2D eigenvalue weighted by atomic mass is 10.2. The van der Waals surface area contributed by atoms with E-state index in [1.807, 2.05) is 0 Å². The van der Waals surface area contributed by atoms with E-state index in [4.69, 9.17) is 10.5 Å². The highest BCUT2D eigenvalue weighted by atomic mass is 28.2. The first-order chi connectivity index (χ1) is 5.27. The normalized spacial score (nSPS) is 33.3. The van der Waals surface area contributed by atoms with E-state index in [1.54, 1.807) is 0 Å². The van der Waals surface area contributed by atoms with E-state index in [1.165, 1.54) is 25.3 Å². The highest BCUT2D eigenvalue weighted by Gasteiger charge is 2.27. The van der Waals surface area contributed by atoms with Crippen LogP contribution in [0, 0.1) is 0 Å². The first-order valence-corrected chi connectivity index (χ1v) is 6.40. The summed E-state index contributed by atoms with van der Waals surface area (Å²) in [5.41, 5.74) is 6.08. The number of nitrogens with two attached hydrogens (primary N) is 1. The van der Waals surface area contributed by atoms with Crippen molar-refractivity contribution in [1.29, 1.82) is 0 Å². The van der Waals surface area contributed by atoms with Gasteiger partial charge in [0.15, 0.2) is 0 Å². The molecule has 0 bridgehead atoms. The van der Waals surface area contributed by atoms with Crippen molar-refractivity contribution < 1.29 is 4.74 Å². The monoisotopic (exact) mass is 173 g/mol. The third-order valence-electron chi connectivity index (χ3n) is 2.34. The average molecular weight is 173 g/mol. The molecule has 2 nitrogen and oxygen atoms in total. The summed E-state index contributed by atoms with van der Waals surface area (Å²) in [6, 6.07) is 1.33. The molecule has 11 heavy (non-hydrogen) atoms. The summed E-state index contributed by atoms with van der Waals surface area (Å²) >= 11 is 0. The molecule has 0 aromatic heterocycles. The van der Waals surface area contributed by atoms with Crippen LogP contribution in [-0.2, 0) is 4.74 Å². The Bertz CT molecular complexity index is 113. The quantitative estimate of drug-likeness (QED) is 0.641. The molecule has 2 N–H and O–H groups in total. The molecule has 1 saturated heterocycles. The molecule has 0 aromatic rings. The molecule has 1 rings (SSSR count). The number of rotatable bonds is 3. The Morgan fingerprint density at radius 1 is 1.55 bits per heavy atom. The molecule has 0 aliphatic carbocycles. The van der Waals surface area contributed by atoms with E-state index >= 15 is 0 Å². The molecule has 1 aliphatic rings. The van der Waals surface area contributed by atoms with Crippen molar-refractivity contribution in [3.8, 4) is 0 Å². The topological polar surface area (TPSA) is 35.2 Å². The van der Waals surface area contributed by atoms with Gasteiger partial charge in [-0.15, -0.1) is 0 Å². The van der Waals surface area contributed by atoms with Crippen LogP contribution >= 0.6 is 0 Å². The van der Waals surface area contributed by atoms with Crippen LogP contribution in [0.2, 0.25) is 6.04 Å². The van der Waals surface area contributed by atoms with E-state index < -0.39 is 0 Å². The summed E-state index contributed by atoms with van der Waals surface area (Å²) in [6.07, 6.45) is 4.86. The SMILES string of the molecule is CCC[SiH2]C1(N)CCCCO1. The highest BCUT2D eigenvalue weighted by molar-refractivity contribution is 6.39. The summed E-state index contributed by atoms with van der Waals surface area (Å²) in [6.45, 7) is 3.12. The Morgan fingerprint density at radius 2 is 2.36 bits per heavy atom. The summed E-state index contributed by atoms with van der Waals surface area (Å²) in [5.74, 6) is 0. The van der Waals surface area contributed by atoms with Gasteiger partial charge in [-0.25, -0.2) is 0 Å². The molecule has 0 aromatic carbocycles. The lowest BCUT2D eigenvalue weighted by Crippen LogP contribution is -2.50. The first-order valence-electron chi connectivity index (χ1n) is 4.70. The predicted molar refractivity (Wildman–Crippen MR) is 50.4 cm³/mol. The second kappa shape index (κ2) is 4.23. The molecular weight excluding hydrogens is 154 g/mol. The van der Waals surface area contributed by atoms with Gasteiger partial charge < -0.3 is 10.5 Å². The van der Waals surface area contributed by atoms with Gasteiger partial charge in [-0.2, -0.15) is 0 Å². The van der Waals surface area contributed by atoms with Crippen LogP contribution in [0.25, 0.3) is 0 Å². The van der Waals surface area contributed by atoms with E-state index in [0.29, 0.717) is 0 Å². The van der Waals surface area contributed by atoms with Gasteiger partial charge in [-0.05, 0) is 19.3 Å². The van der Waals surface area contributed by atoms with Gasteiger partial charge >= 0.3 is 0 Å². The average Bonchev–Trinajstić information content (AvgIpc) is 2.03. The highest BCUT2D eigenvalue weighted by Crippen LogP contribution is 2.19. The molecule has 1 fully saturated rings. The van der Waals surface area contributed by atoms with Crippen molar-refractivity contribution in [3.63, 3.8) is 0 Å². The van der Waals surface area contributed by atoms with Gasteiger partial charge in [-0.3, -0.25) is 0 Å². The van der Waals surface area contributed by atoms with Crippen LogP contribution in [0.15, 0.2) is 0 Å². The molecule has 66 valence electrons. The molecule has 0 radical (unpaired) electrons. The maximum atomic E-state index is 6.08. The minimum absolute atomic E-state index is 0.131. The molecule has 1 atom stereocenters. The van der Waals surface area contributed by atoms with Gasteiger partial charge in [0, 0.05) is 6.61 Å². The zero-order valence-electron chi connectivity index (χ0n) is 7.44. The van der Waals surface area contributed by atoms with Crippen LogP contribution < -0.4 is 5.73 Å². The summed E-state index contributed by atoms with van der Waals surface area (Å²) in [4.78, 5) is 0. The molecule has 1 aliphatic heterocycles. The van der Waals surface area contributed by atoms with Crippen LogP contribution in [0.3, 0.4) is 0 Å². The Kier molecular flexibility index (Phi) is 3.55. The maximum absolute atomic E-state index is 6.08. The third-order valence-corrected chi connectivity index (χ3v) is 4.80. The second-order valence-electron chi connectivity index (χ2n) is 3.47. The molecule has 0 saturated carbocycles. The largest absolute Gasteiger partial charge is 0.365 e. The van der Waals surface area contributed by atoms with Gasteiger partial charge in [-0.1, -0.05) is 19.4 Å². The predicted octanol–water partition coefficient (Wildman–Crippen LogP) is 0.797. The van der Waals surface area contributed by atoms with Crippen LogP contribution in [0.1, 0.15) is 32.6 Å². The van der Waals surface area contributed by atoms with E-state index in [9.17, 15) is 0 Å². The molecule has 3 heteroatoms. The van der Waals surface area contributed by atoms with Crippen LogP contribution in [0.5, 0.6) is 0 Å². The van der Waals surface area contributed by atoms with E-state index in [0.717, 1.165) is 13.0 Å². The van der Waals surface area contributed by atoms with Crippen molar-refractivity contribution in [2.45, 2.75) is 44.0 Å². The summed E-state index contributed by atoms with van der Waals surface area (Å²) in [7, 11) is -0.175. The number of hydrogen-bond donors (Lipinski definition) is 1. The fraction of sp³-hybridized carbons (Fsp3) is 1.00. The maximum Gasteiger partial charge on any atom is 0.0957 e. The Morgan fingerprint density at radius 3 is 2.91 bits per heavy atom. The Hall–Kier alpha value is 0.137. The lowest BCUT2D eigenvalue weighted by Gasteiger charge is -2.33. The van der Waals surface area contributed by atoms with E-state index in [2.05, 4.69) is 6.92 Å².